The lowest BCUT2D eigenvalue weighted by Gasteiger charge is -2.26. The molecule has 1 aliphatic rings. The average Bonchev–Trinajstić information content (AvgIpc) is 2.27. The summed E-state index contributed by atoms with van der Waals surface area (Å²) in [5, 5.41) is 12.0. The van der Waals surface area contributed by atoms with E-state index in [0.29, 0.717) is 6.54 Å². The predicted molar refractivity (Wildman–Crippen MR) is 59.6 cm³/mol. The monoisotopic (exact) mass is 221 g/mol. The third-order valence-corrected chi connectivity index (χ3v) is 2.90. The topological polar surface area (TPSA) is 58.6 Å². The number of carbonyl (C=O) groups is 1. The first-order chi connectivity index (χ1) is 7.70. The highest BCUT2D eigenvalue weighted by molar-refractivity contribution is 5.67. The Morgan fingerprint density at radius 2 is 2.44 bits per heavy atom. The number of benzene rings is 1. The van der Waals surface area contributed by atoms with E-state index in [2.05, 4.69) is 5.32 Å². The number of carboxylic acid groups (broad SMARTS) is 1. The number of rotatable bonds is 3. The van der Waals surface area contributed by atoms with Crippen LogP contribution in [0.4, 0.5) is 0 Å². The molecule has 0 radical (unpaired) electrons. The molecule has 2 N–H and O–H groups in total. The van der Waals surface area contributed by atoms with Gasteiger partial charge in [-0.1, -0.05) is 12.1 Å². The van der Waals surface area contributed by atoms with Gasteiger partial charge in [-0.15, -0.1) is 0 Å². The molecule has 0 aromatic heterocycles. The van der Waals surface area contributed by atoms with Crippen molar-refractivity contribution in [3.63, 3.8) is 0 Å². The summed E-state index contributed by atoms with van der Waals surface area (Å²) in [5.74, 6) is 0.114. The first-order valence-electron chi connectivity index (χ1n) is 5.30. The third-order valence-electron chi connectivity index (χ3n) is 2.90. The standard InChI is InChI=1S/C12H15NO3/c1-16-11-4-2-3-8-5-9(6-12(14)15)13-7-10(8)11/h2-4,9,13H,5-7H2,1H3,(H,14,15). The Bertz CT molecular complexity index is 403. The third kappa shape index (κ3) is 2.17. The van der Waals surface area contributed by atoms with Crippen molar-refractivity contribution in [1.29, 1.82) is 0 Å². The van der Waals surface area contributed by atoms with Gasteiger partial charge in [-0.05, 0) is 18.1 Å². The lowest BCUT2D eigenvalue weighted by Crippen LogP contribution is -2.37. The average molecular weight is 221 g/mol. The molecule has 0 amide bonds. The Morgan fingerprint density at radius 1 is 1.62 bits per heavy atom. The van der Waals surface area contributed by atoms with Crippen LogP contribution in [0.5, 0.6) is 5.75 Å². The fourth-order valence-electron chi connectivity index (χ4n) is 2.13. The van der Waals surface area contributed by atoms with E-state index in [1.165, 1.54) is 5.56 Å². The molecule has 1 heterocycles. The van der Waals surface area contributed by atoms with Gasteiger partial charge >= 0.3 is 5.97 Å². The lowest BCUT2D eigenvalue weighted by atomic mass is 9.93. The summed E-state index contributed by atoms with van der Waals surface area (Å²) in [5.41, 5.74) is 2.33. The number of carboxylic acids is 1. The van der Waals surface area contributed by atoms with Crippen LogP contribution in [0.25, 0.3) is 0 Å². The normalized spacial score (nSPS) is 18.9. The minimum absolute atomic E-state index is 0.0251. The van der Waals surface area contributed by atoms with Crippen LogP contribution in [0.15, 0.2) is 18.2 Å². The van der Waals surface area contributed by atoms with Gasteiger partial charge in [0.15, 0.2) is 0 Å². The second-order valence-electron chi connectivity index (χ2n) is 3.98. The van der Waals surface area contributed by atoms with Gasteiger partial charge in [0.05, 0.1) is 13.5 Å². The van der Waals surface area contributed by atoms with Crippen LogP contribution in [-0.4, -0.2) is 24.2 Å². The van der Waals surface area contributed by atoms with Crippen LogP contribution in [0.2, 0.25) is 0 Å². The molecule has 1 aromatic carbocycles. The minimum atomic E-state index is -0.760. The molecule has 4 heteroatoms. The molecule has 0 spiro atoms. The molecule has 0 aliphatic carbocycles. The van der Waals surface area contributed by atoms with Gasteiger partial charge in [-0.25, -0.2) is 0 Å². The molecule has 0 saturated carbocycles. The second-order valence-corrected chi connectivity index (χ2v) is 3.98. The van der Waals surface area contributed by atoms with Crippen molar-refractivity contribution in [2.75, 3.05) is 7.11 Å². The van der Waals surface area contributed by atoms with Crippen molar-refractivity contribution in [3.05, 3.63) is 29.3 Å². The van der Waals surface area contributed by atoms with Crippen molar-refractivity contribution in [2.24, 2.45) is 0 Å². The van der Waals surface area contributed by atoms with Gasteiger partial charge in [0.2, 0.25) is 0 Å². The van der Waals surface area contributed by atoms with Gasteiger partial charge in [-0.3, -0.25) is 4.79 Å². The van der Waals surface area contributed by atoms with Gasteiger partial charge in [0, 0.05) is 18.2 Å². The summed E-state index contributed by atoms with van der Waals surface area (Å²) in [4.78, 5) is 10.6. The zero-order valence-corrected chi connectivity index (χ0v) is 9.19. The van der Waals surface area contributed by atoms with Crippen molar-refractivity contribution in [2.45, 2.75) is 25.4 Å². The maximum Gasteiger partial charge on any atom is 0.304 e. The second kappa shape index (κ2) is 4.53. The van der Waals surface area contributed by atoms with Crippen molar-refractivity contribution in [1.82, 2.24) is 5.32 Å². The minimum Gasteiger partial charge on any atom is -0.496 e. The van der Waals surface area contributed by atoms with Crippen molar-refractivity contribution in [3.8, 4) is 5.75 Å². The first kappa shape index (κ1) is 11.0. The van der Waals surface area contributed by atoms with E-state index in [-0.39, 0.29) is 12.5 Å². The number of hydrogen-bond donors (Lipinski definition) is 2. The summed E-state index contributed by atoms with van der Waals surface area (Å²) in [6.07, 6.45) is 0.912. The van der Waals surface area contributed by atoms with E-state index >= 15 is 0 Å². The van der Waals surface area contributed by atoms with E-state index in [1.807, 2.05) is 18.2 Å². The number of fused-ring (bicyclic) bond motifs is 1. The zero-order valence-electron chi connectivity index (χ0n) is 9.19. The van der Waals surface area contributed by atoms with Crippen LogP contribution < -0.4 is 10.1 Å². The summed E-state index contributed by atoms with van der Waals surface area (Å²) in [6, 6.07) is 5.93. The summed E-state index contributed by atoms with van der Waals surface area (Å²) < 4.78 is 5.27. The summed E-state index contributed by atoms with van der Waals surface area (Å²) in [7, 11) is 1.65. The Balaban J connectivity index is 2.18. The van der Waals surface area contributed by atoms with E-state index < -0.39 is 5.97 Å². The summed E-state index contributed by atoms with van der Waals surface area (Å²) >= 11 is 0. The van der Waals surface area contributed by atoms with Crippen LogP contribution in [0.3, 0.4) is 0 Å². The zero-order chi connectivity index (χ0) is 11.5. The van der Waals surface area contributed by atoms with Crippen molar-refractivity contribution >= 4 is 5.97 Å². The number of aliphatic carboxylic acids is 1. The van der Waals surface area contributed by atoms with Gasteiger partial charge in [-0.2, -0.15) is 0 Å². The maximum atomic E-state index is 10.6. The first-order valence-corrected chi connectivity index (χ1v) is 5.30. The van der Waals surface area contributed by atoms with E-state index in [0.717, 1.165) is 17.7 Å². The Kier molecular flexibility index (Phi) is 3.10. The van der Waals surface area contributed by atoms with Crippen molar-refractivity contribution < 1.29 is 14.6 Å². The molecule has 2 rings (SSSR count). The van der Waals surface area contributed by atoms with E-state index in [4.69, 9.17) is 9.84 Å². The van der Waals surface area contributed by atoms with E-state index in [9.17, 15) is 4.79 Å². The Morgan fingerprint density at radius 3 is 3.12 bits per heavy atom. The molecule has 0 bridgehead atoms. The number of hydrogen-bond acceptors (Lipinski definition) is 3. The fraction of sp³-hybridized carbons (Fsp3) is 0.417. The smallest absolute Gasteiger partial charge is 0.304 e. The lowest BCUT2D eigenvalue weighted by molar-refractivity contribution is -0.137. The fourth-order valence-corrected chi connectivity index (χ4v) is 2.13. The highest BCUT2D eigenvalue weighted by Crippen LogP contribution is 2.26. The SMILES string of the molecule is COc1cccc2c1CNC(CC(=O)O)C2. The molecule has 1 atom stereocenters. The maximum absolute atomic E-state index is 10.6. The molecule has 4 nitrogen and oxygen atoms in total. The highest BCUT2D eigenvalue weighted by atomic mass is 16.5. The molecule has 0 saturated heterocycles. The molecule has 16 heavy (non-hydrogen) atoms. The number of nitrogens with one attached hydrogen (secondary N) is 1. The number of methoxy groups -OCH3 is 1. The molecule has 1 aromatic rings. The van der Waals surface area contributed by atoms with Crippen LogP contribution in [0, 0.1) is 0 Å². The Labute approximate surface area is 94.2 Å². The van der Waals surface area contributed by atoms with Crippen LogP contribution >= 0.6 is 0 Å². The molecular weight excluding hydrogens is 206 g/mol. The molecule has 1 aliphatic heterocycles. The Hall–Kier alpha value is -1.55. The molecule has 0 fully saturated rings. The molecule has 1 unspecified atom stereocenters. The van der Waals surface area contributed by atoms with E-state index in [1.54, 1.807) is 7.11 Å². The van der Waals surface area contributed by atoms with Crippen LogP contribution in [-0.2, 0) is 17.8 Å². The largest absolute Gasteiger partial charge is 0.496 e. The highest BCUT2D eigenvalue weighted by Gasteiger charge is 2.22. The predicted octanol–water partition coefficient (Wildman–Crippen LogP) is 1.18. The quantitative estimate of drug-likeness (QED) is 0.804. The van der Waals surface area contributed by atoms with Gasteiger partial charge in [0.1, 0.15) is 5.75 Å². The summed E-state index contributed by atoms with van der Waals surface area (Å²) in [6.45, 7) is 0.678. The van der Waals surface area contributed by atoms with Crippen LogP contribution in [0.1, 0.15) is 17.5 Å². The number of ether oxygens (including phenoxy) is 1. The molecular formula is C12H15NO3. The van der Waals surface area contributed by atoms with Gasteiger partial charge < -0.3 is 15.2 Å². The molecule has 86 valence electrons. The van der Waals surface area contributed by atoms with Gasteiger partial charge in [0.25, 0.3) is 0 Å².